The molecule has 0 N–H and O–H groups in total. The highest BCUT2D eigenvalue weighted by Crippen LogP contribution is 2.33. The Bertz CT molecular complexity index is 392. The summed E-state index contributed by atoms with van der Waals surface area (Å²) in [5.41, 5.74) is -0.609. The number of nitrogens with zero attached hydrogens (tertiary/aromatic N) is 2. The van der Waals surface area contributed by atoms with Crippen LogP contribution in [0.25, 0.3) is 0 Å². The van der Waals surface area contributed by atoms with E-state index in [1.807, 2.05) is 0 Å². The molecule has 0 aliphatic carbocycles. The zero-order valence-corrected chi connectivity index (χ0v) is 9.15. The first-order valence-electron chi connectivity index (χ1n) is 5.46. The Morgan fingerprint density at radius 1 is 1.29 bits per heavy atom. The Morgan fingerprint density at radius 2 is 1.94 bits per heavy atom. The molecule has 0 unspecified atom stereocenters. The number of amides is 1. The summed E-state index contributed by atoms with van der Waals surface area (Å²) in [4.78, 5) is 12.1. The molecule has 3 nitrogen and oxygen atoms in total. The molecule has 0 atom stereocenters. The lowest BCUT2D eigenvalue weighted by atomic mass is 10.1. The number of carbonyl (C=O) groups excluding carboxylic acids is 1. The highest BCUT2D eigenvalue weighted by Gasteiger charge is 2.35. The number of halogens is 3. The van der Waals surface area contributed by atoms with Gasteiger partial charge in [-0.1, -0.05) is 0 Å². The molecule has 1 aromatic rings. The van der Waals surface area contributed by atoms with Gasteiger partial charge in [-0.3, -0.25) is 4.79 Å². The van der Waals surface area contributed by atoms with Crippen molar-refractivity contribution in [1.29, 1.82) is 0 Å². The highest BCUT2D eigenvalue weighted by molar-refractivity contribution is 5.47. The van der Waals surface area contributed by atoms with E-state index in [-0.39, 0.29) is 6.04 Å². The second kappa shape index (κ2) is 4.43. The molecule has 1 fully saturated rings. The van der Waals surface area contributed by atoms with Crippen LogP contribution in [0.4, 0.5) is 13.2 Å². The van der Waals surface area contributed by atoms with E-state index in [4.69, 9.17) is 0 Å². The SMILES string of the molecule is O=CN1CCC(n2cccc2C(F)(F)F)CC1. The van der Waals surface area contributed by atoms with Gasteiger partial charge in [0.15, 0.2) is 0 Å². The van der Waals surface area contributed by atoms with E-state index in [0.717, 1.165) is 12.5 Å². The molecule has 0 bridgehead atoms. The van der Waals surface area contributed by atoms with Gasteiger partial charge in [-0.25, -0.2) is 0 Å². The number of aromatic nitrogens is 1. The summed E-state index contributed by atoms with van der Waals surface area (Å²) >= 11 is 0. The maximum atomic E-state index is 12.7. The van der Waals surface area contributed by atoms with E-state index in [9.17, 15) is 18.0 Å². The quantitative estimate of drug-likeness (QED) is 0.735. The minimum absolute atomic E-state index is 0.169. The molecular weight excluding hydrogens is 233 g/mol. The number of likely N-dealkylation sites (tertiary alicyclic amines) is 1. The molecule has 1 aliphatic heterocycles. The van der Waals surface area contributed by atoms with Crippen LogP contribution in [0.1, 0.15) is 24.6 Å². The summed E-state index contributed by atoms with van der Waals surface area (Å²) in [6.07, 6.45) is -0.973. The molecular formula is C11H13F3N2O. The third-order valence-corrected chi connectivity index (χ3v) is 3.11. The van der Waals surface area contributed by atoms with Gasteiger partial charge in [0.25, 0.3) is 0 Å². The van der Waals surface area contributed by atoms with Gasteiger partial charge < -0.3 is 9.47 Å². The van der Waals surface area contributed by atoms with Crippen LogP contribution in [0, 0.1) is 0 Å². The third-order valence-electron chi connectivity index (χ3n) is 3.11. The van der Waals surface area contributed by atoms with Crippen LogP contribution in [-0.2, 0) is 11.0 Å². The van der Waals surface area contributed by atoms with Gasteiger partial charge in [0.05, 0.1) is 0 Å². The third kappa shape index (κ3) is 2.45. The van der Waals surface area contributed by atoms with Crippen LogP contribution in [0.3, 0.4) is 0 Å². The normalized spacial score (nSPS) is 18.4. The number of hydrogen-bond donors (Lipinski definition) is 0. The van der Waals surface area contributed by atoms with Gasteiger partial charge in [0, 0.05) is 25.3 Å². The second-order valence-electron chi connectivity index (χ2n) is 4.17. The summed E-state index contributed by atoms with van der Waals surface area (Å²) in [5, 5.41) is 0. The zero-order chi connectivity index (χ0) is 12.5. The molecule has 0 aromatic carbocycles. The molecule has 6 heteroatoms. The molecule has 0 spiro atoms. The molecule has 1 amide bonds. The van der Waals surface area contributed by atoms with E-state index in [1.165, 1.54) is 16.8 Å². The molecule has 0 radical (unpaired) electrons. The van der Waals surface area contributed by atoms with Crippen LogP contribution in [-0.4, -0.2) is 29.0 Å². The average Bonchev–Trinajstić information content (AvgIpc) is 2.78. The van der Waals surface area contributed by atoms with Crippen LogP contribution in [0.5, 0.6) is 0 Å². The van der Waals surface area contributed by atoms with Crippen molar-refractivity contribution in [3.8, 4) is 0 Å². The van der Waals surface area contributed by atoms with Crippen molar-refractivity contribution in [3.63, 3.8) is 0 Å². The average molecular weight is 246 g/mol. The van der Waals surface area contributed by atoms with Crippen LogP contribution in [0.2, 0.25) is 0 Å². The lowest BCUT2D eigenvalue weighted by Gasteiger charge is -2.31. The van der Waals surface area contributed by atoms with E-state index >= 15 is 0 Å². The standard InChI is InChI=1S/C11H13F3N2O/c12-11(13,14)10-2-1-5-16(10)9-3-6-15(8-17)7-4-9/h1-2,5,8-9H,3-4,6-7H2. The molecule has 0 saturated carbocycles. The van der Waals surface area contributed by atoms with Crippen molar-refractivity contribution >= 4 is 6.41 Å². The summed E-state index contributed by atoms with van der Waals surface area (Å²) in [7, 11) is 0. The van der Waals surface area contributed by atoms with Gasteiger partial charge >= 0.3 is 6.18 Å². The highest BCUT2D eigenvalue weighted by atomic mass is 19.4. The van der Waals surface area contributed by atoms with Crippen molar-refractivity contribution in [2.45, 2.75) is 25.1 Å². The second-order valence-corrected chi connectivity index (χ2v) is 4.17. The number of carbonyl (C=O) groups is 1. The van der Waals surface area contributed by atoms with E-state index in [0.29, 0.717) is 25.9 Å². The van der Waals surface area contributed by atoms with Gasteiger partial charge in [-0.15, -0.1) is 0 Å². The van der Waals surface area contributed by atoms with Crippen molar-refractivity contribution in [3.05, 3.63) is 24.0 Å². The Hall–Kier alpha value is -1.46. The Labute approximate surface area is 96.8 Å². The first-order valence-corrected chi connectivity index (χ1v) is 5.46. The Morgan fingerprint density at radius 3 is 2.47 bits per heavy atom. The lowest BCUT2D eigenvalue weighted by molar-refractivity contribution is -0.144. The molecule has 1 aliphatic rings. The van der Waals surface area contributed by atoms with Gasteiger partial charge in [0.2, 0.25) is 6.41 Å². The Balaban J connectivity index is 2.14. The molecule has 2 rings (SSSR count). The maximum Gasteiger partial charge on any atom is 0.431 e. The zero-order valence-electron chi connectivity index (χ0n) is 9.15. The number of hydrogen-bond acceptors (Lipinski definition) is 1. The summed E-state index contributed by atoms with van der Waals surface area (Å²) in [5.74, 6) is 0. The van der Waals surface area contributed by atoms with E-state index in [2.05, 4.69) is 0 Å². The fraction of sp³-hybridized carbons (Fsp3) is 0.545. The largest absolute Gasteiger partial charge is 0.431 e. The summed E-state index contributed by atoms with van der Waals surface area (Å²) in [6.45, 7) is 1.04. The predicted molar refractivity (Wildman–Crippen MR) is 55.3 cm³/mol. The summed E-state index contributed by atoms with van der Waals surface area (Å²) < 4.78 is 39.4. The van der Waals surface area contributed by atoms with Gasteiger partial charge in [-0.2, -0.15) is 13.2 Å². The predicted octanol–water partition coefficient (Wildman–Crippen LogP) is 2.30. The van der Waals surface area contributed by atoms with Crippen LogP contribution >= 0.6 is 0 Å². The molecule has 2 heterocycles. The van der Waals surface area contributed by atoms with Gasteiger partial charge in [-0.05, 0) is 25.0 Å². The fourth-order valence-electron chi connectivity index (χ4n) is 2.22. The smallest absolute Gasteiger partial charge is 0.345 e. The van der Waals surface area contributed by atoms with Crippen molar-refractivity contribution in [2.75, 3.05) is 13.1 Å². The van der Waals surface area contributed by atoms with Crippen molar-refractivity contribution in [1.82, 2.24) is 9.47 Å². The first kappa shape index (κ1) is 12.0. The Kier molecular flexibility index (Phi) is 3.13. The number of rotatable bonds is 2. The monoisotopic (exact) mass is 246 g/mol. The summed E-state index contributed by atoms with van der Waals surface area (Å²) in [6, 6.07) is 2.33. The molecule has 1 saturated heterocycles. The molecule has 94 valence electrons. The maximum absolute atomic E-state index is 12.7. The van der Waals surface area contributed by atoms with Crippen LogP contribution in [0.15, 0.2) is 18.3 Å². The molecule has 1 aromatic heterocycles. The number of alkyl halides is 3. The van der Waals surface area contributed by atoms with Crippen LogP contribution < -0.4 is 0 Å². The van der Waals surface area contributed by atoms with Crippen molar-refractivity contribution in [2.24, 2.45) is 0 Å². The fourth-order valence-corrected chi connectivity index (χ4v) is 2.22. The minimum atomic E-state index is -4.31. The molecule has 17 heavy (non-hydrogen) atoms. The number of piperidine rings is 1. The van der Waals surface area contributed by atoms with E-state index < -0.39 is 11.9 Å². The van der Waals surface area contributed by atoms with Crippen molar-refractivity contribution < 1.29 is 18.0 Å². The topological polar surface area (TPSA) is 25.2 Å². The van der Waals surface area contributed by atoms with Gasteiger partial charge in [0.1, 0.15) is 5.69 Å². The first-order chi connectivity index (χ1) is 8.02. The lowest BCUT2D eigenvalue weighted by Crippen LogP contribution is -2.34. The minimum Gasteiger partial charge on any atom is -0.345 e. The van der Waals surface area contributed by atoms with E-state index in [1.54, 1.807) is 4.90 Å².